The summed E-state index contributed by atoms with van der Waals surface area (Å²) < 4.78 is 32.0. The number of carbonyl (C=O) groups excluding carboxylic acids is 1. The number of carboxylic acids is 1. The van der Waals surface area contributed by atoms with Crippen LogP contribution in [0.4, 0.5) is 10.8 Å². The van der Waals surface area contributed by atoms with Gasteiger partial charge in [0.2, 0.25) is 10.9 Å². The Hall–Kier alpha value is -2.65. The highest BCUT2D eigenvalue weighted by Crippen LogP contribution is 2.23. The molecule has 4 unspecified atom stereocenters. The molecule has 1 aromatic heterocycles. The molecule has 0 amide bonds. The van der Waals surface area contributed by atoms with Crippen molar-refractivity contribution in [1.82, 2.24) is 10.2 Å². The number of nitrogens with zero attached hydrogens (tertiary/aromatic N) is 2. The first kappa shape index (κ1) is 21.1. The third-order valence-corrected chi connectivity index (χ3v) is 6.16. The zero-order valence-electron chi connectivity index (χ0n) is 14.7. The molecule has 2 heterocycles. The van der Waals surface area contributed by atoms with Crippen LogP contribution in [0, 0.1) is 6.92 Å². The van der Waals surface area contributed by atoms with Gasteiger partial charge in [0.05, 0.1) is 4.90 Å². The van der Waals surface area contributed by atoms with E-state index in [2.05, 4.69) is 20.2 Å². The van der Waals surface area contributed by atoms with Gasteiger partial charge in [-0.25, -0.2) is 13.2 Å². The second-order valence-corrected chi connectivity index (χ2v) is 8.88. The summed E-state index contributed by atoms with van der Waals surface area (Å²) in [5.74, 6) is -2.50. The lowest BCUT2D eigenvalue weighted by Crippen LogP contribution is -2.59. The Labute approximate surface area is 168 Å². The molecule has 1 aliphatic rings. The fraction of sp³-hybridized carbons (Fsp3) is 0.333. The van der Waals surface area contributed by atoms with E-state index in [-0.39, 0.29) is 15.7 Å². The molecule has 0 bridgehead atoms. The third-order valence-electron chi connectivity index (χ3n) is 3.92. The number of benzene rings is 1. The van der Waals surface area contributed by atoms with Crippen molar-refractivity contribution in [2.45, 2.75) is 36.4 Å². The molecule has 0 saturated carbocycles. The van der Waals surface area contributed by atoms with E-state index < -0.39 is 46.3 Å². The van der Waals surface area contributed by atoms with E-state index in [0.717, 1.165) is 11.3 Å². The van der Waals surface area contributed by atoms with E-state index in [1.54, 1.807) is 6.92 Å². The highest BCUT2D eigenvalue weighted by molar-refractivity contribution is 7.93. The van der Waals surface area contributed by atoms with Gasteiger partial charge in [0.1, 0.15) is 17.2 Å². The normalized spacial score (nSPS) is 24.9. The molecule has 156 valence electrons. The van der Waals surface area contributed by atoms with Gasteiger partial charge in [0, 0.05) is 5.69 Å². The second kappa shape index (κ2) is 8.00. The summed E-state index contributed by atoms with van der Waals surface area (Å²) in [4.78, 5) is 23.0. The lowest BCUT2D eigenvalue weighted by atomic mass is 9.99. The van der Waals surface area contributed by atoms with Crippen molar-refractivity contribution in [2.75, 3.05) is 10.0 Å². The Morgan fingerprint density at radius 1 is 1.21 bits per heavy atom. The molecule has 0 radical (unpaired) electrons. The van der Waals surface area contributed by atoms with Gasteiger partial charge < -0.3 is 25.4 Å². The number of carbonyl (C=O) groups is 2. The van der Waals surface area contributed by atoms with E-state index in [9.17, 15) is 28.2 Å². The number of ketones is 1. The number of Topliss-reactive ketones (excluding diaryl/α,β-unsaturated/α-hetero) is 1. The zero-order chi connectivity index (χ0) is 21.3. The number of carboxylic acid groups (broad SMARTS) is 1. The minimum atomic E-state index is -3.92. The highest BCUT2D eigenvalue weighted by Gasteiger charge is 2.46. The van der Waals surface area contributed by atoms with E-state index >= 15 is 0 Å². The van der Waals surface area contributed by atoms with Crippen LogP contribution < -0.4 is 10.0 Å². The molecule has 1 aromatic carbocycles. The predicted octanol–water partition coefficient (Wildman–Crippen LogP) is -0.840. The van der Waals surface area contributed by atoms with E-state index in [1.165, 1.54) is 24.3 Å². The Morgan fingerprint density at radius 2 is 1.86 bits per heavy atom. The number of ether oxygens (including phenoxy) is 1. The van der Waals surface area contributed by atoms with E-state index in [1.807, 2.05) is 0 Å². The number of hydrogen-bond acceptors (Lipinski definition) is 11. The maximum Gasteiger partial charge on any atom is 0.335 e. The van der Waals surface area contributed by atoms with Crippen molar-refractivity contribution >= 4 is 43.9 Å². The largest absolute Gasteiger partial charge is 0.479 e. The zero-order valence-corrected chi connectivity index (χ0v) is 16.3. The standard InChI is InChI=1S/C15H16N4O8S2/c1-6-17-18-15(28-6)19-29(25,26)8-4-2-7(3-5-8)16-13-11(22)9(20)10(21)12(27-13)14(23)24/h2-5,9-10,12-13,16,20-21H,1H3,(H,18,19)(H,23,24). The summed E-state index contributed by atoms with van der Waals surface area (Å²) in [5, 5.41) is 39.0. The van der Waals surface area contributed by atoms with Gasteiger partial charge in [0.15, 0.2) is 12.3 Å². The van der Waals surface area contributed by atoms with Crippen LogP contribution in [0.3, 0.4) is 0 Å². The number of aryl methyl sites for hydroxylation is 1. The SMILES string of the molecule is Cc1nnc(NS(=O)(=O)c2ccc(NC3OC(C(=O)O)C(O)C(O)C3=O)cc2)s1. The number of aliphatic hydroxyl groups excluding tert-OH is 2. The minimum Gasteiger partial charge on any atom is -0.479 e. The first-order chi connectivity index (χ1) is 13.6. The van der Waals surface area contributed by atoms with Gasteiger partial charge in [-0.2, -0.15) is 0 Å². The van der Waals surface area contributed by atoms with Crippen LogP contribution in [0.1, 0.15) is 5.01 Å². The molecule has 1 aliphatic heterocycles. The summed E-state index contributed by atoms with van der Waals surface area (Å²) in [7, 11) is -3.92. The van der Waals surface area contributed by atoms with Crippen LogP contribution in [0.5, 0.6) is 0 Å². The fourth-order valence-corrected chi connectivity index (χ4v) is 4.31. The third kappa shape index (κ3) is 4.51. The molecule has 2 aromatic rings. The van der Waals surface area contributed by atoms with Gasteiger partial charge in [-0.05, 0) is 31.2 Å². The fourth-order valence-electron chi connectivity index (χ4n) is 2.49. The lowest BCUT2D eigenvalue weighted by Gasteiger charge is -2.34. The van der Waals surface area contributed by atoms with Crippen molar-refractivity contribution < 1.29 is 38.1 Å². The molecule has 3 rings (SSSR count). The topological polar surface area (TPSA) is 188 Å². The van der Waals surface area contributed by atoms with Crippen LogP contribution in [0.15, 0.2) is 29.2 Å². The van der Waals surface area contributed by atoms with E-state index in [0.29, 0.717) is 5.01 Å². The van der Waals surface area contributed by atoms with Crippen LogP contribution in [0.2, 0.25) is 0 Å². The molecule has 12 nitrogen and oxygen atoms in total. The number of rotatable bonds is 6. The molecule has 0 aliphatic carbocycles. The van der Waals surface area contributed by atoms with Crippen LogP contribution in [0.25, 0.3) is 0 Å². The van der Waals surface area contributed by atoms with E-state index in [4.69, 9.17) is 9.84 Å². The number of hydrogen-bond donors (Lipinski definition) is 5. The Kier molecular flexibility index (Phi) is 5.81. The van der Waals surface area contributed by atoms with Crippen molar-refractivity contribution in [3.8, 4) is 0 Å². The van der Waals surface area contributed by atoms with Crippen molar-refractivity contribution in [3.63, 3.8) is 0 Å². The average Bonchev–Trinajstić information content (AvgIpc) is 3.06. The first-order valence-corrected chi connectivity index (χ1v) is 10.4. The van der Waals surface area contributed by atoms with Gasteiger partial charge in [0.25, 0.3) is 10.0 Å². The number of aromatic nitrogens is 2. The Balaban J connectivity index is 1.73. The predicted molar refractivity (Wildman–Crippen MR) is 98.8 cm³/mol. The van der Waals surface area contributed by atoms with Gasteiger partial charge in [-0.3, -0.25) is 9.52 Å². The molecule has 5 N–H and O–H groups in total. The summed E-state index contributed by atoms with van der Waals surface area (Å²) in [6.45, 7) is 1.68. The maximum absolute atomic E-state index is 12.4. The number of nitrogens with one attached hydrogen (secondary N) is 2. The van der Waals surface area contributed by atoms with Gasteiger partial charge in [-0.1, -0.05) is 11.3 Å². The van der Waals surface area contributed by atoms with Crippen molar-refractivity contribution in [1.29, 1.82) is 0 Å². The highest BCUT2D eigenvalue weighted by atomic mass is 32.2. The average molecular weight is 444 g/mol. The summed E-state index contributed by atoms with van der Waals surface area (Å²) in [5.41, 5.74) is 0.224. The van der Waals surface area contributed by atoms with Gasteiger partial charge >= 0.3 is 5.97 Å². The quantitative estimate of drug-likeness (QED) is 0.374. The molecule has 1 fully saturated rings. The summed E-state index contributed by atoms with van der Waals surface area (Å²) in [6.07, 6.45) is -7.19. The number of sulfonamides is 1. The van der Waals surface area contributed by atoms with Crippen LogP contribution >= 0.6 is 11.3 Å². The maximum atomic E-state index is 12.4. The minimum absolute atomic E-state index is 0.0920. The van der Waals surface area contributed by atoms with Crippen molar-refractivity contribution in [2.24, 2.45) is 0 Å². The molecule has 4 atom stereocenters. The number of anilines is 2. The molecular weight excluding hydrogens is 428 g/mol. The van der Waals surface area contributed by atoms with Crippen LogP contribution in [-0.2, 0) is 24.3 Å². The summed E-state index contributed by atoms with van der Waals surface area (Å²) >= 11 is 1.07. The molecule has 14 heteroatoms. The monoisotopic (exact) mass is 444 g/mol. The molecule has 0 spiro atoms. The molecule has 29 heavy (non-hydrogen) atoms. The smallest absolute Gasteiger partial charge is 0.335 e. The summed E-state index contributed by atoms with van der Waals surface area (Å²) in [6, 6.07) is 5.13. The van der Waals surface area contributed by atoms with Gasteiger partial charge in [-0.15, -0.1) is 10.2 Å². The molecular formula is C15H16N4O8S2. The number of aliphatic hydroxyl groups is 2. The van der Waals surface area contributed by atoms with Crippen molar-refractivity contribution in [3.05, 3.63) is 29.3 Å². The number of aliphatic carboxylic acids is 1. The Morgan fingerprint density at radius 3 is 2.41 bits per heavy atom. The Bertz CT molecular complexity index is 1020. The molecule has 1 saturated heterocycles. The lowest BCUT2D eigenvalue weighted by molar-refractivity contribution is -0.191. The first-order valence-electron chi connectivity index (χ1n) is 8.06. The second-order valence-electron chi connectivity index (χ2n) is 6.01. The van der Waals surface area contributed by atoms with Crippen LogP contribution in [-0.4, -0.2) is 70.2 Å².